The molecule has 7 nitrogen and oxygen atoms in total. The van der Waals surface area contributed by atoms with Gasteiger partial charge in [0.1, 0.15) is 17.5 Å². The average Bonchev–Trinajstić information content (AvgIpc) is 2.66. The van der Waals surface area contributed by atoms with E-state index in [9.17, 15) is 13.6 Å². The molecule has 1 amide bonds. The number of para-hydroxylation sites is 1. The SMILES string of the molecule is Cc1ccccc1Nc1nc(N)nc(CSCC(=O)Nc2cc(F)ccc2F)n1. The number of rotatable bonds is 7. The highest BCUT2D eigenvalue weighted by Gasteiger charge is 2.10. The van der Waals surface area contributed by atoms with Gasteiger partial charge < -0.3 is 16.4 Å². The quantitative estimate of drug-likeness (QED) is 0.540. The van der Waals surface area contributed by atoms with Crippen LogP contribution in [0.3, 0.4) is 0 Å². The zero-order valence-corrected chi connectivity index (χ0v) is 16.3. The van der Waals surface area contributed by atoms with Crippen molar-refractivity contribution in [2.24, 2.45) is 0 Å². The molecular formula is C19H18F2N6OS. The van der Waals surface area contributed by atoms with Gasteiger partial charge in [0.25, 0.3) is 0 Å². The highest BCUT2D eigenvalue weighted by Crippen LogP contribution is 2.19. The predicted molar refractivity (Wildman–Crippen MR) is 110 cm³/mol. The largest absolute Gasteiger partial charge is 0.368 e. The third kappa shape index (κ3) is 5.85. The van der Waals surface area contributed by atoms with E-state index in [-0.39, 0.29) is 23.1 Å². The number of halogens is 2. The number of thioether (sulfide) groups is 1. The minimum atomic E-state index is -0.707. The molecule has 0 fully saturated rings. The number of hydrogen-bond acceptors (Lipinski definition) is 7. The van der Waals surface area contributed by atoms with E-state index in [0.717, 1.165) is 29.4 Å². The van der Waals surface area contributed by atoms with E-state index >= 15 is 0 Å². The zero-order valence-electron chi connectivity index (χ0n) is 15.4. The minimum absolute atomic E-state index is 0.00208. The summed E-state index contributed by atoms with van der Waals surface area (Å²) in [5.41, 5.74) is 7.40. The Morgan fingerprint density at radius 1 is 1.10 bits per heavy atom. The summed E-state index contributed by atoms with van der Waals surface area (Å²) in [7, 11) is 0. The smallest absolute Gasteiger partial charge is 0.234 e. The number of nitrogens with two attached hydrogens (primary N) is 1. The Morgan fingerprint density at radius 2 is 1.90 bits per heavy atom. The second-order valence-corrected chi connectivity index (χ2v) is 7.02. The molecule has 0 atom stereocenters. The molecule has 2 aromatic carbocycles. The summed E-state index contributed by atoms with van der Waals surface area (Å²) in [4.78, 5) is 24.4. The number of benzene rings is 2. The topological polar surface area (TPSA) is 106 Å². The van der Waals surface area contributed by atoms with Crippen LogP contribution in [0.25, 0.3) is 0 Å². The van der Waals surface area contributed by atoms with E-state index in [4.69, 9.17) is 5.73 Å². The third-order valence-electron chi connectivity index (χ3n) is 3.76. The van der Waals surface area contributed by atoms with Gasteiger partial charge in [0.15, 0.2) is 0 Å². The molecule has 3 rings (SSSR count). The summed E-state index contributed by atoms with van der Waals surface area (Å²) in [5.74, 6) is -0.781. The number of amides is 1. The van der Waals surface area contributed by atoms with Crippen molar-refractivity contribution in [3.63, 3.8) is 0 Å². The Morgan fingerprint density at radius 3 is 2.69 bits per heavy atom. The average molecular weight is 416 g/mol. The normalized spacial score (nSPS) is 10.6. The summed E-state index contributed by atoms with van der Waals surface area (Å²) in [6, 6.07) is 10.5. The molecule has 4 N–H and O–H groups in total. The summed E-state index contributed by atoms with van der Waals surface area (Å²) >= 11 is 1.21. The molecule has 1 aromatic heterocycles. The highest BCUT2D eigenvalue weighted by atomic mass is 32.2. The third-order valence-corrected chi connectivity index (χ3v) is 4.69. The predicted octanol–water partition coefficient (Wildman–Crippen LogP) is 3.66. The van der Waals surface area contributed by atoms with Crippen LogP contribution in [0.4, 0.5) is 32.1 Å². The van der Waals surface area contributed by atoms with Crippen LogP contribution in [0.1, 0.15) is 11.4 Å². The fraction of sp³-hybridized carbons (Fsp3) is 0.158. The van der Waals surface area contributed by atoms with E-state index < -0.39 is 17.5 Å². The zero-order chi connectivity index (χ0) is 20.8. The molecule has 0 unspecified atom stereocenters. The second kappa shape index (κ2) is 9.28. The van der Waals surface area contributed by atoms with Crippen LogP contribution >= 0.6 is 11.8 Å². The van der Waals surface area contributed by atoms with E-state index in [1.165, 1.54) is 11.8 Å². The number of aryl methyl sites for hydroxylation is 1. The Hall–Kier alpha value is -3.27. The molecule has 3 aromatic rings. The van der Waals surface area contributed by atoms with Gasteiger partial charge in [-0.1, -0.05) is 18.2 Å². The summed E-state index contributed by atoms with van der Waals surface area (Å²) in [5, 5.41) is 5.42. The lowest BCUT2D eigenvalue weighted by Crippen LogP contribution is -2.15. The van der Waals surface area contributed by atoms with Gasteiger partial charge >= 0.3 is 0 Å². The van der Waals surface area contributed by atoms with E-state index in [1.807, 2.05) is 31.2 Å². The Balaban J connectivity index is 1.58. The Labute approximate surface area is 170 Å². The molecular weight excluding hydrogens is 398 g/mol. The molecule has 0 aliphatic heterocycles. The monoisotopic (exact) mass is 416 g/mol. The lowest BCUT2D eigenvalue weighted by atomic mass is 10.2. The molecule has 29 heavy (non-hydrogen) atoms. The standard InChI is InChI=1S/C19H18F2N6OS/c1-11-4-2-3-5-14(11)24-19-26-16(25-18(22)27-19)9-29-10-17(28)23-15-8-12(20)6-7-13(15)21/h2-8H,9-10H2,1H3,(H,23,28)(H3,22,24,25,26,27). The number of aromatic nitrogens is 3. The number of nitrogen functional groups attached to an aromatic ring is 1. The molecule has 0 radical (unpaired) electrons. The van der Waals surface area contributed by atoms with Crippen molar-refractivity contribution >= 4 is 40.9 Å². The van der Waals surface area contributed by atoms with Crippen molar-refractivity contribution in [1.29, 1.82) is 0 Å². The van der Waals surface area contributed by atoms with E-state index in [2.05, 4.69) is 25.6 Å². The summed E-state index contributed by atoms with van der Waals surface area (Å²) < 4.78 is 26.7. The van der Waals surface area contributed by atoms with E-state index in [1.54, 1.807) is 0 Å². The molecule has 0 saturated carbocycles. The molecule has 1 heterocycles. The molecule has 0 aliphatic carbocycles. The first-order valence-corrected chi connectivity index (χ1v) is 9.72. The fourth-order valence-corrected chi connectivity index (χ4v) is 3.08. The maximum atomic E-state index is 13.6. The number of carbonyl (C=O) groups excluding carboxylic acids is 1. The molecule has 0 aliphatic rings. The lowest BCUT2D eigenvalue weighted by Gasteiger charge is -2.09. The van der Waals surface area contributed by atoms with Crippen molar-refractivity contribution < 1.29 is 13.6 Å². The van der Waals surface area contributed by atoms with E-state index in [0.29, 0.717) is 11.8 Å². The van der Waals surface area contributed by atoms with Gasteiger partial charge in [-0.3, -0.25) is 4.79 Å². The van der Waals surface area contributed by atoms with Gasteiger partial charge in [-0.2, -0.15) is 15.0 Å². The maximum absolute atomic E-state index is 13.6. The van der Waals surface area contributed by atoms with Crippen LogP contribution in [0.5, 0.6) is 0 Å². The van der Waals surface area contributed by atoms with Gasteiger partial charge in [0.05, 0.1) is 17.2 Å². The molecule has 0 bridgehead atoms. The van der Waals surface area contributed by atoms with Crippen molar-refractivity contribution in [1.82, 2.24) is 15.0 Å². The van der Waals surface area contributed by atoms with Crippen molar-refractivity contribution in [2.45, 2.75) is 12.7 Å². The number of hydrogen-bond donors (Lipinski definition) is 3. The Kier molecular flexibility index (Phi) is 6.55. The summed E-state index contributed by atoms with van der Waals surface area (Å²) in [6.45, 7) is 1.95. The maximum Gasteiger partial charge on any atom is 0.234 e. The van der Waals surface area contributed by atoms with Crippen LogP contribution in [0.2, 0.25) is 0 Å². The van der Waals surface area contributed by atoms with Gasteiger partial charge in [-0.15, -0.1) is 11.8 Å². The first kappa shape index (κ1) is 20.5. The van der Waals surface area contributed by atoms with Crippen LogP contribution in [0, 0.1) is 18.6 Å². The van der Waals surface area contributed by atoms with Gasteiger partial charge in [0.2, 0.25) is 17.8 Å². The number of carbonyl (C=O) groups is 1. The number of nitrogens with zero attached hydrogens (tertiary/aromatic N) is 3. The highest BCUT2D eigenvalue weighted by molar-refractivity contribution is 7.99. The molecule has 150 valence electrons. The van der Waals surface area contributed by atoms with Crippen molar-refractivity contribution in [2.75, 3.05) is 22.1 Å². The van der Waals surface area contributed by atoms with Gasteiger partial charge in [-0.05, 0) is 30.7 Å². The van der Waals surface area contributed by atoms with Crippen LogP contribution in [-0.2, 0) is 10.5 Å². The molecule has 10 heteroatoms. The first-order valence-electron chi connectivity index (χ1n) is 8.56. The molecule has 0 saturated heterocycles. The van der Waals surface area contributed by atoms with Crippen molar-refractivity contribution in [3.05, 3.63) is 65.5 Å². The first-order chi connectivity index (χ1) is 13.9. The van der Waals surface area contributed by atoms with Crippen LogP contribution in [-0.4, -0.2) is 26.6 Å². The number of anilines is 4. The van der Waals surface area contributed by atoms with Crippen LogP contribution < -0.4 is 16.4 Å². The number of nitrogens with one attached hydrogen (secondary N) is 2. The minimum Gasteiger partial charge on any atom is -0.368 e. The molecule has 0 spiro atoms. The van der Waals surface area contributed by atoms with Gasteiger partial charge in [0, 0.05) is 11.8 Å². The van der Waals surface area contributed by atoms with Gasteiger partial charge in [-0.25, -0.2) is 8.78 Å². The Bertz CT molecular complexity index is 1030. The second-order valence-electron chi connectivity index (χ2n) is 6.04. The summed E-state index contributed by atoms with van der Waals surface area (Å²) in [6.07, 6.45) is 0. The lowest BCUT2D eigenvalue weighted by molar-refractivity contribution is -0.113. The van der Waals surface area contributed by atoms with Crippen molar-refractivity contribution in [3.8, 4) is 0 Å². The van der Waals surface area contributed by atoms with Crippen LogP contribution in [0.15, 0.2) is 42.5 Å². The fourth-order valence-electron chi connectivity index (χ4n) is 2.41.